The van der Waals surface area contributed by atoms with Crippen LogP contribution in [0.3, 0.4) is 0 Å². The molecule has 0 saturated carbocycles. The largest absolute Gasteiger partial charge is 0.353 e. The highest BCUT2D eigenvalue weighted by Crippen LogP contribution is 2.24. The normalized spacial score (nSPS) is 17.0. The number of carbonyl (C=O) groups is 2. The molecule has 8 nitrogen and oxygen atoms in total. The summed E-state index contributed by atoms with van der Waals surface area (Å²) in [5.41, 5.74) is 1.76. The van der Waals surface area contributed by atoms with E-state index in [-0.39, 0.29) is 17.5 Å². The second-order valence-corrected chi connectivity index (χ2v) is 7.74. The van der Waals surface area contributed by atoms with Crippen LogP contribution in [-0.2, 0) is 4.79 Å². The van der Waals surface area contributed by atoms with Crippen LogP contribution in [0.25, 0.3) is 16.5 Å². The number of rotatable bonds is 4. The van der Waals surface area contributed by atoms with Crippen LogP contribution in [0.5, 0.6) is 0 Å². The lowest BCUT2D eigenvalue weighted by Gasteiger charge is -2.35. The molecule has 1 saturated heterocycles. The number of carbonyl (C=O) groups excluding carboxylic acids is 2. The second kappa shape index (κ2) is 7.62. The lowest BCUT2D eigenvalue weighted by molar-refractivity contribution is -0.128. The van der Waals surface area contributed by atoms with Crippen molar-refractivity contribution in [1.82, 2.24) is 30.2 Å². The smallest absolute Gasteiger partial charge is 0.277 e. The van der Waals surface area contributed by atoms with Crippen molar-refractivity contribution >= 4 is 22.6 Å². The van der Waals surface area contributed by atoms with Crippen molar-refractivity contribution in [2.24, 2.45) is 5.92 Å². The number of nitrogens with one attached hydrogen (secondary N) is 1. The molecule has 2 aromatic heterocycles. The average Bonchev–Trinajstić information content (AvgIpc) is 3.09. The molecule has 0 spiro atoms. The molecule has 3 aromatic rings. The van der Waals surface area contributed by atoms with E-state index in [1.54, 1.807) is 22.0 Å². The number of hydrogen-bond donors (Lipinski definition) is 1. The molecule has 8 heteroatoms. The first-order valence-corrected chi connectivity index (χ1v) is 9.81. The summed E-state index contributed by atoms with van der Waals surface area (Å²) >= 11 is 0. The Labute approximate surface area is 168 Å². The third-order valence-electron chi connectivity index (χ3n) is 5.27. The Kier molecular flexibility index (Phi) is 5.00. The van der Waals surface area contributed by atoms with Crippen LogP contribution in [0.4, 0.5) is 0 Å². The summed E-state index contributed by atoms with van der Waals surface area (Å²) in [7, 11) is 0. The fourth-order valence-electron chi connectivity index (χ4n) is 3.82. The van der Waals surface area contributed by atoms with Gasteiger partial charge in [0.15, 0.2) is 5.69 Å². The molecule has 1 aromatic carbocycles. The van der Waals surface area contributed by atoms with Gasteiger partial charge in [0.2, 0.25) is 5.91 Å². The highest BCUT2D eigenvalue weighted by Gasteiger charge is 2.35. The Morgan fingerprint density at radius 1 is 1.31 bits per heavy atom. The highest BCUT2D eigenvalue weighted by molar-refractivity contribution is 5.98. The molecule has 1 atom stereocenters. The molecule has 0 bridgehead atoms. The predicted octanol–water partition coefficient (Wildman–Crippen LogP) is 2.11. The van der Waals surface area contributed by atoms with Gasteiger partial charge >= 0.3 is 0 Å². The molecule has 1 aliphatic heterocycles. The van der Waals surface area contributed by atoms with E-state index >= 15 is 0 Å². The SMILES string of the molecule is Cc1c(C(=O)N2CCNC(=O)C2CC(C)C)nnn1-c1cccc2cnccc12. The number of fused-ring (bicyclic) bond motifs is 1. The minimum atomic E-state index is -0.482. The van der Waals surface area contributed by atoms with Crippen molar-refractivity contribution < 1.29 is 9.59 Å². The first kappa shape index (κ1) is 19.0. The van der Waals surface area contributed by atoms with Crippen molar-refractivity contribution in [3.8, 4) is 5.69 Å². The molecule has 29 heavy (non-hydrogen) atoms. The van der Waals surface area contributed by atoms with E-state index in [0.29, 0.717) is 31.1 Å². The van der Waals surface area contributed by atoms with E-state index in [1.165, 1.54) is 0 Å². The average molecular weight is 392 g/mol. The number of nitrogens with zero attached hydrogens (tertiary/aromatic N) is 5. The molecule has 1 aliphatic rings. The van der Waals surface area contributed by atoms with Crippen LogP contribution in [0.15, 0.2) is 36.7 Å². The van der Waals surface area contributed by atoms with Gasteiger partial charge in [0.25, 0.3) is 5.91 Å². The summed E-state index contributed by atoms with van der Waals surface area (Å²) < 4.78 is 1.68. The summed E-state index contributed by atoms with van der Waals surface area (Å²) in [6.45, 7) is 6.83. The van der Waals surface area contributed by atoms with Crippen LogP contribution < -0.4 is 5.32 Å². The van der Waals surface area contributed by atoms with Crippen LogP contribution >= 0.6 is 0 Å². The maximum Gasteiger partial charge on any atom is 0.277 e. The van der Waals surface area contributed by atoms with E-state index in [2.05, 4.69) is 20.6 Å². The van der Waals surface area contributed by atoms with Crippen molar-refractivity contribution in [2.45, 2.75) is 33.2 Å². The van der Waals surface area contributed by atoms with E-state index in [4.69, 9.17) is 0 Å². The van der Waals surface area contributed by atoms with Crippen molar-refractivity contribution in [2.75, 3.05) is 13.1 Å². The molecular weight excluding hydrogens is 368 g/mol. The van der Waals surface area contributed by atoms with Gasteiger partial charge in [0.05, 0.1) is 11.4 Å². The Bertz CT molecular complexity index is 1070. The first-order chi connectivity index (χ1) is 14.0. The molecule has 2 amide bonds. The lowest BCUT2D eigenvalue weighted by Crippen LogP contribution is -2.57. The Balaban J connectivity index is 1.71. The minimum absolute atomic E-state index is 0.107. The van der Waals surface area contributed by atoms with Crippen LogP contribution in [0.2, 0.25) is 0 Å². The third kappa shape index (κ3) is 3.46. The fourth-order valence-corrected chi connectivity index (χ4v) is 3.82. The van der Waals surface area contributed by atoms with Crippen LogP contribution in [-0.4, -0.2) is 55.8 Å². The molecule has 3 heterocycles. The van der Waals surface area contributed by atoms with Crippen LogP contribution in [0, 0.1) is 12.8 Å². The van der Waals surface area contributed by atoms with Crippen molar-refractivity contribution in [3.05, 3.63) is 48.0 Å². The topological polar surface area (TPSA) is 93.0 Å². The molecule has 150 valence electrons. The number of hydrogen-bond acceptors (Lipinski definition) is 5. The molecule has 1 unspecified atom stereocenters. The second-order valence-electron chi connectivity index (χ2n) is 7.74. The van der Waals surface area contributed by atoms with Gasteiger partial charge in [-0.25, -0.2) is 4.68 Å². The maximum absolute atomic E-state index is 13.3. The van der Waals surface area contributed by atoms with Gasteiger partial charge in [-0.15, -0.1) is 5.10 Å². The number of amides is 2. The van der Waals surface area contributed by atoms with E-state index in [1.807, 2.05) is 45.0 Å². The molecule has 4 rings (SSSR count). The summed E-state index contributed by atoms with van der Waals surface area (Å²) in [5, 5.41) is 13.3. The van der Waals surface area contributed by atoms with Gasteiger partial charge < -0.3 is 10.2 Å². The number of pyridine rings is 1. The van der Waals surface area contributed by atoms with Crippen molar-refractivity contribution in [3.63, 3.8) is 0 Å². The Morgan fingerprint density at radius 3 is 2.93 bits per heavy atom. The monoisotopic (exact) mass is 392 g/mol. The zero-order valence-corrected chi connectivity index (χ0v) is 16.8. The van der Waals surface area contributed by atoms with E-state index in [0.717, 1.165) is 16.5 Å². The molecule has 0 radical (unpaired) electrons. The van der Waals surface area contributed by atoms with Gasteiger partial charge in [-0.2, -0.15) is 0 Å². The van der Waals surface area contributed by atoms with E-state index in [9.17, 15) is 9.59 Å². The summed E-state index contributed by atoms with van der Waals surface area (Å²) in [5.74, 6) is -0.0683. The summed E-state index contributed by atoms with van der Waals surface area (Å²) in [6.07, 6.45) is 4.13. The van der Waals surface area contributed by atoms with Gasteiger partial charge in [-0.3, -0.25) is 14.6 Å². The van der Waals surface area contributed by atoms with Gasteiger partial charge in [-0.05, 0) is 31.4 Å². The van der Waals surface area contributed by atoms with Gasteiger partial charge in [-0.1, -0.05) is 31.2 Å². The predicted molar refractivity (Wildman–Crippen MR) is 109 cm³/mol. The first-order valence-electron chi connectivity index (χ1n) is 9.81. The zero-order valence-electron chi connectivity index (χ0n) is 16.8. The minimum Gasteiger partial charge on any atom is -0.353 e. The number of benzene rings is 1. The standard InChI is InChI=1S/C21H24N6O2/c1-13(2)11-18-20(28)23-9-10-26(18)21(29)19-14(3)27(25-24-19)17-6-4-5-15-12-22-8-7-16(15)17/h4-8,12-13,18H,9-11H2,1-3H3,(H,23,28). The fraction of sp³-hybridized carbons (Fsp3) is 0.381. The molecular formula is C21H24N6O2. The Hall–Kier alpha value is -3.29. The van der Waals surface area contributed by atoms with Crippen molar-refractivity contribution in [1.29, 1.82) is 0 Å². The third-order valence-corrected chi connectivity index (χ3v) is 5.27. The molecule has 1 fully saturated rings. The zero-order chi connectivity index (χ0) is 20.5. The lowest BCUT2D eigenvalue weighted by atomic mass is 9.99. The summed E-state index contributed by atoms with van der Waals surface area (Å²) in [6, 6.07) is 7.28. The summed E-state index contributed by atoms with van der Waals surface area (Å²) in [4.78, 5) is 31.5. The molecule has 0 aliphatic carbocycles. The number of piperazine rings is 1. The van der Waals surface area contributed by atoms with Crippen LogP contribution in [0.1, 0.15) is 36.5 Å². The maximum atomic E-state index is 13.3. The van der Waals surface area contributed by atoms with E-state index < -0.39 is 6.04 Å². The van der Waals surface area contributed by atoms with Gasteiger partial charge in [0, 0.05) is 36.3 Å². The highest BCUT2D eigenvalue weighted by atomic mass is 16.2. The van der Waals surface area contributed by atoms with Gasteiger partial charge in [0.1, 0.15) is 6.04 Å². The number of aromatic nitrogens is 4. The Morgan fingerprint density at radius 2 is 2.14 bits per heavy atom. The molecule has 1 N–H and O–H groups in total. The quantitative estimate of drug-likeness (QED) is 0.734.